The number of carbonyl (C=O) groups excluding carboxylic acids is 2. The van der Waals surface area contributed by atoms with Gasteiger partial charge in [-0.2, -0.15) is 8.42 Å². The van der Waals surface area contributed by atoms with E-state index in [-0.39, 0.29) is 31.6 Å². The van der Waals surface area contributed by atoms with E-state index in [9.17, 15) is 48.0 Å². The lowest BCUT2D eigenvalue weighted by molar-refractivity contribution is -0.125. The molecular weight excluding hydrogens is 594 g/mol. The summed E-state index contributed by atoms with van der Waals surface area (Å²) in [5, 5.41) is 61.6. The van der Waals surface area contributed by atoms with Gasteiger partial charge < -0.3 is 45.4 Å². The maximum atomic E-state index is 11.9. The molecule has 0 unspecified atom stereocenters. The van der Waals surface area contributed by atoms with Gasteiger partial charge in [0, 0.05) is 37.8 Å². The summed E-state index contributed by atoms with van der Waals surface area (Å²) in [5.41, 5.74) is -1.58. The number of aliphatic hydroxyl groups is 6. The Hall–Kier alpha value is -2.83. The van der Waals surface area contributed by atoms with Crippen LogP contribution in [0.2, 0.25) is 0 Å². The minimum absolute atomic E-state index is 0.0349. The Labute approximate surface area is 236 Å². The van der Waals surface area contributed by atoms with Crippen molar-refractivity contribution in [3.8, 4) is 0 Å². The summed E-state index contributed by atoms with van der Waals surface area (Å²) in [6.07, 6.45) is -8.63. The summed E-state index contributed by atoms with van der Waals surface area (Å²) in [4.78, 5) is 49.3. The predicted molar refractivity (Wildman–Crippen MR) is 135 cm³/mol. The minimum Gasteiger partial charge on any atom is -0.394 e. The van der Waals surface area contributed by atoms with Gasteiger partial charge in [-0.05, 0) is 0 Å². The third kappa shape index (κ3) is 7.96. The molecule has 1 aromatic rings. The number of imide groups is 1. The van der Waals surface area contributed by atoms with Gasteiger partial charge >= 0.3 is 11.7 Å². The third-order valence-electron chi connectivity index (χ3n) is 6.60. The Balaban J connectivity index is 0.000000247. The molecular formula is C21H33N5O15S. The molecule has 42 heavy (non-hydrogen) atoms. The summed E-state index contributed by atoms with van der Waals surface area (Å²) >= 11 is 0. The lowest BCUT2D eigenvalue weighted by Crippen LogP contribution is -2.56. The molecule has 3 aliphatic rings. The Kier molecular flexibility index (Phi) is 11.3. The van der Waals surface area contributed by atoms with Crippen molar-refractivity contribution in [2.75, 3.05) is 32.1 Å². The quantitative estimate of drug-likeness (QED) is 0.0898. The molecule has 0 spiro atoms. The van der Waals surface area contributed by atoms with Crippen LogP contribution in [0.25, 0.3) is 0 Å². The second-order valence-electron chi connectivity index (χ2n) is 9.54. The van der Waals surface area contributed by atoms with Gasteiger partial charge in [-0.15, -0.1) is 0 Å². The first-order valence-electron chi connectivity index (χ1n) is 12.5. The lowest BCUT2D eigenvalue weighted by atomic mass is 10.1. The van der Waals surface area contributed by atoms with Crippen molar-refractivity contribution in [3.05, 3.63) is 32.6 Å². The lowest BCUT2D eigenvalue weighted by Gasteiger charge is -2.32. The predicted octanol–water partition coefficient (Wildman–Crippen LogP) is -6.51. The SMILES string of the molecule is O=C1CCN([C@@H]2O[C@H](CO)[C@@H](O)[C@H]2O)C(=O)N1.O=c1[nH]c(=O)n([C@@H]2O[C@H](CO)[C@@H](O)[C@H]2O)cc1CNCCS(=O)(=O)O. The van der Waals surface area contributed by atoms with E-state index in [1.807, 2.05) is 4.98 Å². The summed E-state index contributed by atoms with van der Waals surface area (Å²) < 4.78 is 41.1. The summed E-state index contributed by atoms with van der Waals surface area (Å²) in [7, 11) is -4.15. The fourth-order valence-electron chi connectivity index (χ4n) is 4.33. The molecule has 0 aromatic carbocycles. The number of hydrogen-bond acceptors (Lipinski definition) is 15. The smallest absolute Gasteiger partial charge is 0.330 e. The third-order valence-corrected chi connectivity index (χ3v) is 7.32. The van der Waals surface area contributed by atoms with Crippen molar-refractivity contribution in [3.63, 3.8) is 0 Å². The Morgan fingerprint density at radius 3 is 2.02 bits per heavy atom. The zero-order valence-corrected chi connectivity index (χ0v) is 22.7. The molecule has 1 aromatic heterocycles. The van der Waals surface area contributed by atoms with Crippen LogP contribution in [0, 0.1) is 0 Å². The highest BCUT2D eigenvalue weighted by molar-refractivity contribution is 7.85. The Morgan fingerprint density at radius 1 is 0.929 bits per heavy atom. The molecule has 238 valence electrons. The van der Waals surface area contributed by atoms with E-state index in [1.165, 1.54) is 0 Å². The molecule has 3 amide bonds. The molecule has 21 heteroatoms. The van der Waals surface area contributed by atoms with Crippen LogP contribution in [0.5, 0.6) is 0 Å². The first-order valence-corrected chi connectivity index (χ1v) is 14.1. The number of ether oxygens (including phenoxy) is 2. The van der Waals surface area contributed by atoms with Crippen LogP contribution in [-0.2, 0) is 30.9 Å². The zero-order valence-electron chi connectivity index (χ0n) is 21.8. The number of nitrogens with zero attached hydrogens (tertiary/aromatic N) is 2. The number of aliphatic hydroxyl groups excluding tert-OH is 6. The molecule has 0 radical (unpaired) electrons. The average Bonchev–Trinajstić information content (AvgIpc) is 3.37. The molecule has 0 bridgehead atoms. The van der Waals surface area contributed by atoms with Crippen LogP contribution in [0.1, 0.15) is 18.2 Å². The van der Waals surface area contributed by atoms with Crippen LogP contribution in [0.3, 0.4) is 0 Å². The normalized spacial score (nSPS) is 31.5. The topological polar surface area (TPSA) is 311 Å². The molecule has 10 N–H and O–H groups in total. The van der Waals surface area contributed by atoms with Crippen LogP contribution >= 0.6 is 0 Å². The molecule has 3 aliphatic heterocycles. The van der Waals surface area contributed by atoms with Crippen LogP contribution < -0.4 is 21.9 Å². The van der Waals surface area contributed by atoms with Gasteiger partial charge in [0.2, 0.25) is 5.91 Å². The number of rotatable bonds is 9. The number of H-pyrrole nitrogens is 1. The van der Waals surface area contributed by atoms with E-state index in [4.69, 9.17) is 24.2 Å². The van der Waals surface area contributed by atoms with Crippen LogP contribution in [-0.4, -0.2) is 145 Å². The van der Waals surface area contributed by atoms with Gasteiger partial charge in [0.15, 0.2) is 12.5 Å². The number of urea groups is 1. The minimum atomic E-state index is -4.15. The van der Waals surface area contributed by atoms with Crippen molar-refractivity contribution in [1.29, 1.82) is 0 Å². The summed E-state index contributed by atoms with van der Waals surface area (Å²) in [5.74, 6) is -0.947. The molecule has 3 fully saturated rings. The number of hydrogen-bond donors (Lipinski definition) is 10. The number of nitrogens with one attached hydrogen (secondary N) is 3. The van der Waals surface area contributed by atoms with Crippen molar-refractivity contribution in [1.82, 2.24) is 25.1 Å². The largest absolute Gasteiger partial charge is 0.394 e. The van der Waals surface area contributed by atoms with Gasteiger partial charge in [0.1, 0.15) is 36.6 Å². The van der Waals surface area contributed by atoms with E-state index >= 15 is 0 Å². The second kappa shape index (κ2) is 14.1. The first-order chi connectivity index (χ1) is 19.7. The Bertz CT molecular complexity index is 1340. The molecule has 20 nitrogen and oxygen atoms in total. The van der Waals surface area contributed by atoms with E-state index < -0.39 is 101 Å². The number of aromatic amines is 1. The van der Waals surface area contributed by atoms with Crippen molar-refractivity contribution in [2.45, 2.75) is 62.0 Å². The van der Waals surface area contributed by atoms with Crippen molar-refractivity contribution in [2.24, 2.45) is 0 Å². The summed E-state index contributed by atoms with van der Waals surface area (Å²) in [6.45, 7) is -1.18. The fraction of sp³-hybridized carbons (Fsp3) is 0.714. The fourth-order valence-corrected chi connectivity index (χ4v) is 4.74. The van der Waals surface area contributed by atoms with E-state index in [0.717, 1.165) is 15.7 Å². The van der Waals surface area contributed by atoms with Crippen LogP contribution in [0.4, 0.5) is 4.79 Å². The van der Waals surface area contributed by atoms with Gasteiger partial charge in [-0.1, -0.05) is 0 Å². The maximum absolute atomic E-state index is 11.9. The standard InChI is InChI=1S/C12H19N3O9S.C9H14N2O6/c16-5-7-8(17)9(18)11(24-7)15-4-6(10(19)14-12(15)20)3-13-1-2-25(21,22)23;12-3-4-6(14)7(15)8(17-4)11-2-1-5(13)10-9(11)16/h4,7-9,11,13,16-18H,1-3,5H2,(H,14,19,20)(H,21,22,23);4,6-8,12,14-15H,1-3H2,(H,10,13,16)/t7-,8-,9-,11-;4-,6-,7-,8-/m11/s1. The van der Waals surface area contributed by atoms with Gasteiger partial charge in [-0.25, -0.2) is 9.59 Å². The van der Waals surface area contributed by atoms with E-state index in [0.29, 0.717) is 0 Å². The number of carbonyl (C=O) groups is 2. The highest BCUT2D eigenvalue weighted by Crippen LogP contribution is 2.28. The van der Waals surface area contributed by atoms with Crippen molar-refractivity contribution < 1.29 is 62.7 Å². The van der Waals surface area contributed by atoms with E-state index in [2.05, 4.69) is 10.6 Å². The monoisotopic (exact) mass is 627 g/mol. The van der Waals surface area contributed by atoms with Gasteiger partial charge in [0.25, 0.3) is 15.7 Å². The average molecular weight is 628 g/mol. The van der Waals surface area contributed by atoms with E-state index in [1.54, 1.807) is 0 Å². The highest BCUT2D eigenvalue weighted by Gasteiger charge is 2.47. The number of aromatic nitrogens is 2. The molecule has 3 saturated heterocycles. The second-order valence-corrected chi connectivity index (χ2v) is 11.1. The van der Waals surface area contributed by atoms with Crippen LogP contribution in [0.15, 0.2) is 15.8 Å². The van der Waals surface area contributed by atoms with Gasteiger partial charge in [0.05, 0.1) is 19.0 Å². The molecule has 8 atom stereocenters. The highest BCUT2D eigenvalue weighted by atomic mass is 32.2. The molecule has 4 heterocycles. The maximum Gasteiger partial charge on any atom is 0.330 e. The molecule has 0 aliphatic carbocycles. The Morgan fingerprint density at radius 2 is 1.50 bits per heavy atom. The zero-order chi connectivity index (χ0) is 31.4. The van der Waals surface area contributed by atoms with Crippen molar-refractivity contribution >= 4 is 22.1 Å². The summed E-state index contributed by atoms with van der Waals surface area (Å²) in [6, 6.07) is -0.670. The molecule has 4 rings (SSSR count). The first kappa shape index (κ1) is 33.7. The number of amides is 3. The van der Waals surface area contributed by atoms with Gasteiger partial charge in [-0.3, -0.25) is 33.9 Å². The molecule has 0 saturated carbocycles.